The van der Waals surface area contributed by atoms with Crippen molar-refractivity contribution in [2.45, 2.75) is 25.5 Å². The number of benzene rings is 2. The number of alkyl halides is 2. The minimum absolute atomic E-state index is 0.0561. The smallest absolute Gasteiger partial charge is 0.387 e. The number of hydrogen-bond acceptors (Lipinski definition) is 5. The lowest BCUT2D eigenvalue weighted by molar-refractivity contribution is -0.0489. The molecule has 1 saturated carbocycles. The Kier molecular flexibility index (Phi) is 4.70. The summed E-state index contributed by atoms with van der Waals surface area (Å²) in [5.41, 5.74) is 2.00. The van der Waals surface area contributed by atoms with Gasteiger partial charge in [0.15, 0.2) is 17.2 Å². The first-order valence-corrected chi connectivity index (χ1v) is 8.82. The maximum atomic E-state index is 12.8. The van der Waals surface area contributed by atoms with Crippen molar-refractivity contribution in [2.24, 2.45) is 0 Å². The molecule has 0 spiro atoms. The van der Waals surface area contributed by atoms with Crippen LogP contribution in [0, 0.1) is 0 Å². The minimum atomic E-state index is -2.92. The molecule has 1 aliphatic carbocycles. The van der Waals surface area contributed by atoms with Gasteiger partial charge in [0.05, 0.1) is 27.4 Å². The van der Waals surface area contributed by atoms with Crippen LogP contribution in [0.25, 0.3) is 22.0 Å². The maximum absolute atomic E-state index is 12.8. The Morgan fingerprint density at radius 3 is 2.21 bits per heavy atom. The highest BCUT2D eigenvalue weighted by Crippen LogP contribution is 2.44. The summed E-state index contributed by atoms with van der Waals surface area (Å²) in [4.78, 5) is 0. The lowest BCUT2D eigenvalue weighted by Crippen LogP contribution is -2.03. The second kappa shape index (κ2) is 7.18. The summed E-state index contributed by atoms with van der Waals surface area (Å²) >= 11 is 0. The molecule has 28 heavy (non-hydrogen) atoms. The highest BCUT2D eigenvalue weighted by Gasteiger charge is 2.26. The van der Waals surface area contributed by atoms with Gasteiger partial charge in [-0.15, -0.1) is 0 Å². The fourth-order valence-corrected chi connectivity index (χ4v) is 3.30. The molecule has 2 aromatic carbocycles. The average Bonchev–Trinajstić information content (AvgIpc) is 3.45. The summed E-state index contributed by atoms with van der Waals surface area (Å²) in [6.07, 6.45) is 3.93. The minimum Gasteiger partial charge on any atom is -0.493 e. The summed E-state index contributed by atoms with van der Waals surface area (Å²) in [5, 5.41) is 5.23. The van der Waals surface area contributed by atoms with Crippen LogP contribution in [0.5, 0.6) is 23.0 Å². The molecule has 0 bridgehead atoms. The summed E-state index contributed by atoms with van der Waals surface area (Å²) < 4.78 is 48.4. The molecule has 1 aliphatic rings. The quantitative estimate of drug-likeness (QED) is 0.587. The molecular formula is C20H20F2N2O4. The van der Waals surface area contributed by atoms with Gasteiger partial charge in [0, 0.05) is 11.6 Å². The van der Waals surface area contributed by atoms with Gasteiger partial charge in [-0.2, -0.15) is 13.9 Å². The van der Waals surface area contributed by atoms with E-state index in [-0.39, 0.29) is 5.75 Å². The topological polar surface area (TPSA) is 54.7 Å². The summed E-state index contributed by atoms with van der Waals surface area (Å²) in [5.74, 6) is 1.55. The molecule has 3 aromatic rings. The van der Waals surface area contributed by atoms with Gasteiger partial charge in [0.1, 0.15) is 5.52 Å². The van der Waals surface area contributed by atoms with Gasteiger partial charge < -0.3 is 18.9 Å². The monoisotopic (exact) mass is 390 g/mol. The van der Waals surface area contributed by atoms with E-state index in [2.05, 4.69) is 9.84 Å². The number of ether oxygens (including phenoxy) is 4. The summed E-state index contributed by atoms with van der Waals surface area (Å²) in [6.45, 7) is -2.92. The third kappa shape index (κ3) is 3.19. The van der Waals surface area contributed by atoms with Crippen molar-refractivity contribution in [2.75, 3.05) is 21.3 Å². The molecule has 0 N–H and O–H groups in total. The molecular weight excluding hydrogens is 370 g/mol. The van der Waals surface area contributed by atoms with E-state index in [9.17, 15) is 8.78 Å². The summed E-state index contributed by atoms with van der Waals surface area (Å²) in [6, 6.07) is 7.19. The molecule has 0 atom stereocenters. The van der Waals surface area contributed by atoms with E-state index in [1.807, 2.05) is 23.0 Å². The first kappa shape index (κ1) is 18.3. The molecule has 1 heterocycles. The van der Waals surface area contributed by atoms with Gasteiger partial charge in [-0.05, 0) is 48.2 Å². The number of halogens is 2. The van der Waals surface area contributed by atoms with Crippen molar-refractivity contribution in [1.29, 1.82) is 0 Å². The lowest BCUT2D eigenvalue weighted by Gasteiger charge is -2.15. The highest BCUT2D eigenvalue weighted by molar-refractivity contribution is 5.98. The molecule has 0 amide bonds. The van der Waals surface area contributed by atoms with Crippen molar-refractivity contribution in [3.8, 4) is 34.1 Å². The Morgan fingerprint density at radius 1 is 1.00 bits per heavy atom. The van der Waals surface area contributed by atoms with Gasteiger partial charge in [-0.3, -0.25) is 4.68 Å². The molecule has 8 heteroatoms. The van der Waals surface area contributed by atoms with Gasteiger partial charge in [0.25, 0.3) is 0 Å². The zero-order chi connectivity index (χ0) is 19.8. The van der Waals surface area contributed by atoms with Gasteiger partial charge in [-0.1, -0.05) is 0 Å². The third-order valence-electron chi connectivity index (χ3n) is 4.77. The number of methoxy groups -OCH3 is 3. The number of fused-ring (bicyclic) bond motifs is 1. The Bertz CT molecular complexity index is 990. The van der Waals surface area contributed by atoms with Crippen LogP contribution in [0.3, 0.4) is 0 Å². The second-order valence-corrected chi connectivity index (χ2v) is 6.51. The Morgan fingerprint density at radius 2 is 1.68 bits per heavy atom. The van der Waals surface area contributed by atoms with Gasteiger partial charge >= 0.3 is 6.61 Å². The van der Waals surface area contributed by atoms with Gasteiger partial charge in [-0.25, -0.2) is 0 Å². The molecule has 4 rings (SSSR count). The van der Waals surface area contributed by atoms with E-state index in [0.717, 1.165) is 29.4 Å². The van der Waals surface area contributed by atoms with E-state index in [4.69, 9.17) is 14.2 Å². The molecule has 0 unspecified atom stereocenters. The zero-order valence-corrected chi connectivity index (χ0v) is 15.7. The fourth-order valence-electron chi connectivity index (χ4n) is 3.30. The fraction of sp³-hybridized carbons (Fsp3) is 0.350. The van der Waals surface area contributed by atoms with Crippen molar-refractivity contribution < 1.29 is 27.7 Å². The molecule has 1 aromatic heterocycles. The largest absolute Gasteiger partial charge is 0.493 e. The second-order valence-electron chi connectivity index (χ2n) is 6.51. The molecule has 0 saturated heterocycles. The number of rotatable bonds is 7. The van der Waals surface area contributed by atoms with Crippen LogP contribution in [0.2, 0.25) is 0 Å². The predicted octanol–water partition coefficient (Wildman–Crippen LogP) is 4.67. The van der Waals surface area contributed by atoms with Crippen molar-refractivity contribution >= 4 is 10.9 Å². The van der Waals surface area contributed by atoms with Crippen LogP contribution in [0.15, 0.2) is 30.5 Å². The van der Waals surface area contributed by atoms with Crippen molar-refractivity contribution in [3.63, 3.8) is 0 Å². The Hall–Kier alpha value is -3.03. The molecule has 0 radical (unpaired) electrons. The SMILES string of the molecule is COc1cc(-c2ccc(OC(F)F)c3nn(C4CC4)cc23)cc(OC)c1OC. The van der Waals surface area contributed by atoms with E-state index in [1.165, 1.54) is 13.2 Å². The third-order valence-corrected chi connectivity index (χ3v) is 4.77. The normalized spacial score (nSPS) is 13.8. The predicted molar refractivity (Wildman–Crippen MR) is 99.7 cm³/mol. The molecule has 1 fully saturated rings. The summed E-state index contributed by atoms with van der Waals surface area (Å²) in [7, 11) is 4.62. The van der Waals surface area contributed by atoms with Crippen LogP contribution in [0.4, 0.5) is 8.78 Å². The highest BCUT2D eigenvalue weighted by atomic mass is 19.3. The van der Waals surface area contributed by atoms with E-state index < -0.39 is 6.61 Å². The number of nitrogens with zero attached hydrogens (tertiary/aromatic N) is 2. The average molecular weight is 390 g/mol. The maximum Gasteiger partial charge on any atom is 0.387 e. The van der Waals surface area contributed by atoms with E-state index in [0.29, 0.717) is 28.8 Å². The molecule has 6 nitrogen and oxygen atoms in total. The lowest BCUT2D eigenvalue weighted by atomic mass is 10.0. The van der Waals surface area contributed by atoms with Crippen molar-refractivity contribution in [3.05, 3.63) is 30.5 Å². The standard InChI is InChI=1S/C20H20F2N2O4/c1-25-16-8-11(9-17(26-2)19(16)27-3)13-6-7-15(28-20(21)22)18-14(13)10-24(23-18)12-4-5-12/h6-10,12,20H,4-5H2,1-3H3. The van der Waals surface area contributed by atoms with Crippen LogP contribution in [-0.4, -0.2) is 37.7 Å². The van der Waals surface area contributed by atoms with Crippen LogP contribution < -0.4 is 18.9 Å². The van der Waals surface area contributed by atoms with Crippen LogP contribution in [0.1, 0.15) is 18.9 Å². The first-order chi connectivity index (χ1) is 13.5. The zero-order valence-electron chi connectivity index (χ0n) is 15.7. The first-order valence-electron chi connectivity index (χ1n) is 8.82. The van der Waals surface area contributed by atoms with Crippen molar-refractivity contribution in [1.82, 2.24) is 9.78 Å². The van der Waals surface area contributed by atoms with Crippen LogP contribution in [-0.2, 0) is 0 Å². The van der Waals surface area contributed by atoms with E-state index >= 15 is 0 Å². The number of aromatic nitrogens is 2. The van der Waals surface area contributed by atoms with Gasteiger partial charge in [0.2, 0.25) is 5.75 Å². The molecule has 148 valence electrons. The number of hydrogen-bond donors (Lipinski definition) is 0. The Balaban J connectivity index is 1.91. The molecule has 0 aliphatic heterocycles. The van der Waals surface area contributed by atoms with E-state index in [1.54, 1.807) is 20.3 Å². The van der Waals surface area contributed by atoms with Crippen LogP contribution >= 0.6 is 0 Å². The Labute approximate surface area is 160 Å².